The van der Waals surface area contributed by atoms with Crippen LogP contribution >= 0.6 is 11.3 Å². The van der Waals surface area contributed by atoms with Crippen LogP contribution in [0.1, 0.15) is 49.7 Å². The molecule has 190 valence electrons. The lowest BCUT2D eigenvalue weighted by atomic mass is 10.0. The van der Waals surface area contributed by atoms with E-state index in [1.54, 1.807) is 24.4 Å². The summed E-state index contributed by atoms with van der Waals surface area (Å²) in [5.74, 6) is 0.938. The van der Waals surface area contributed by atoms with Crippen LogP contribution in [0.2, 0.25) is 0 Å². The lowest BCUT2D eigenvalue weighted by Crippen LogP contribution is -2.29. The van der Waals surface area contributed by atoms with Crippen LogP contribution in [-0.4, -0.2) is 33.7 Å². The van der Waals surface area contributed by atoms with Gasteiger partial charge in [0, 0.05) is 37.8 Å². The maximum atomic E-state index is 14.9. The Labute approximate surface area is 220 Å². The van der Waals surface area contributed by atoms with Crippen molar-refractivity contribution >= 4 is 27.3 Å². The SMILES string of the molecule is O=C(Cc1ccc(Oc2ccnc3cc(-c4ccc(CN5CCCCC5)cn4)sc23)c(F)c1)CC1CC1. The zero-order chi connectivity index (χ0) is 25.2. The third-order valence-corrected chi connectivity index (χ3v) is 8.30. The first kappa shape index (κ1) is 24.2. The van der Waals surface area contributed by atoms with Crippen LogP contribution in [0.5, 0.6) is 11.5 Å². The fourth-order valence-electron chi connectivity index (χ4n) is 4.96. The van der Waals surface area contributed by atoms with Gasteiger partial charge in [-0.3, -0.25) is 19.7 Å². The number of rotatable bonds is 9. The average Bonchev–Trinajstić information content (AvgIpc) is 3.60. The van der Waals surface area contributed by atoms with Crippen molar-refractivity contribution in [3.05, 3.63) is 71.8 Å². The average molecular weight is 516 g/mol. The monoisotopic (exact) mass is 515 g/mol. The molecule has 3 aromatic heterocycles. The second kappa shape index (κ2) is 10.7. The second-order valence-electron chi connectivity index (χ2n) is 10.3. The summed E-state index contributed by atoms with van der Waals surface area (Å²) in [4.78, 5) is 24.8. The van der Waals surface area contributed by atoms with Crippen LogP contribution in [0, 0.1) is 11.7 Å². The summed E-state index contributed by atoms with van der Waals surface area (Å²) in [5, 5.41) is 0. The number of benzene rings is 1. The first-order valence-electron chi connectivity index (χ1n) is 13.1. The minimum Gasteiger partial charge on any atom is -0.453 e. The van der Waals surface area contributed by atoms with Gasteiger partial charge >= 0.3 is 0 Å². The first-order chi connectivity index (χ1) is 18.1. The number of ether oxygens (including phenoxy) is 1. The van der Waals surface area contributed by atoms with Gasteiger partial charge in [-0.1, -0.05) is 18.6 Å². The van der Waals surface area contributed by atoms with Gasteiger partial charge in [0.25, 0.3) is 0 Å². The number of halogens is 1. The molecule has 7 heteroatoms. The Kier molecular flexibility index (Phi) is 6.98. The predicted molar refractivity (Wildman–Crippen MR) is 145 cm³/mol. The molecular formula is C30H30FN3O2S. The normalized spacial score (nSPS) is 16.2. The molecule has 0 radical (unpaired) electrons. The van der Waals surface area contributed by atoms with Gasteiger partial charge in [0.2, 0.25) is 0 Å². The molecule has 1 saturated heterocycles. The second-order valence-corrected chi connectivity index (χ2v) is 11.3. The summed E-state index contributed by atoms with van der Waals surface area (Å²) in [5.41, 5.74) is 3.59. The van der Waals surface area contributed by atoms with Gasteiger partial charge in [0.1, 0.15) is 11.5 Å². The highest BCUT2D eigenvalue weighted by Crippen LogP contribution is 2.39. The number of Topliss-reactive ketones (excluding diaryl/α,β-unsaturated/α-hetero) is 1. The molecule has 0 bridgehead atoms. The molecule has 4 aromatic rings. The molecule has 2 fully saturated rings. The topological polar surface area (TPSA) is 55.3 Å². The molecule has 5 nitrogen and oxygen atoms in total. The smallest absolute Gasteiger partial charge is 0.166 e. The van der Waals surface area contributed by atoms with E-state index in [9.17, 15) is 9.18 Å². The standard InChI is InChI=1S/C30H30FN3O2S/c31-24-16-21(15-23(35)14-20-4-5-20)7-9-27(24)36-28-10-11-32-26-17-29(37-30(26)28)25-8-6-22(18-33-25)19-34-12-2-1-3-13-34/h6-11,16-18,20H,1-5,12-15,19H2. The maximum absolute atomic E-state index is 14.9. The van der Waals surface area contributed by atoms with Gasteiger partial charge in [0.05, 0.1) is 20.8 Å². The molecule has 2 aliphatic rings. The van der Waals surface area contributed by atoms with Crippen molar-refractivity contribution in [1.82, 2.24) is 14.9 Å². The van der Waals surface area contributed by atoms with E-state index in [2.05, 4.69) is 22.0 Å². The molecule has 1 aliphatic heterocycles. The zero-order valence-corrected chi connectivity index (χ0v) is 21.6. The summed E-state index contributed by atoms with van der Waals surface area (Å²) >= 11 is 1.54. The van der Waals surface area contributed by atoms with Crippen LogP contribution in [-0.2, 0) is 17.8 Å². The van der Waals surface area contributed by atoms with Crippen molar-refractivity contribution in [3.8, 4) is 22.1 Å². The Morgan fingerprint density at radius 1 is 1.00 bits per heavy atom. The van der Waals surface area contributed by atoms with Crippen molar-refractivity contribution < 1.29 is 13.9 Å². The fraction of sp³-hybridized carbons (Fsp3) is 0.367. The number of thiophene rings is 1. The Morgan fingerprint density at radius 2 is 1.84 bits per heavy atom. The maximum Gasteiger partial charge on any atom is 0.166 e. The number of aromatic nitrogens is 2. The molecule has 0 spiro atoms. The van der Waals surface area contributed by atoms with E-state index in [4.69, 9.17) is 9.72 Å². The molecule has 1 aromatic carbocycles. The summed E-state index contributed by atoms with van der Waals surface area (Å²) in [6.07, 6.45) is 10.7. The van der Waals surface area contributed by atoms with Crippen LogP contribution in [0.25, 0.3) is 20.8 Å². The highest BCUT2D eigenvalue weighted by molar-refractivity contribution is 7.22. The van der Waals surface area contributed by atoms with E-state index in [1.807, 2.05) is 12.3 Å². The van der Waals surface area contributed by atoms with Gasteiger partial charge in [-0.15, -0.1) is 11.3 Å². The molecule has 0 unspecified atom stereocenters. The van der Waals surface area contributed by atoms with Gasteiger partial charge in [0.15, 0.2) is 11.6 Å². The van der Waals surface area contributed by atoms with Crippen molar-refractivity contribution in [2.45, 2.75) is 51.5 Å². The number of likely N-dealkylation sites (tertiary alicyclic amines) is 1. The van der Waals surface area contributed by atoms with E-state index in [0.717, 1.165) is 53.3 Å². The summed E-state index contributed by atoms with van der Waals surface area (Å²) in [6.45, 7) is 3.26. The number of ketones is 1. The highest BCUT2D eigenvalue weighted by atomic mass is 32.1. The molecule has 1 saturated carbocycles. The van der Waals surface area contributed by atoms with E-state index >= 15 is 0 Å². The molecule has 4 heterocycles. The molecule has 0 N–H and O–H groups in total. The molecule has 0 atom stereocenters. The highest BCUT2D eigenvalue weighted by Gasteiger charge is 2.24. The number of piperidine rings is 1. The van der Waals surface area contributed by atoms with Crippen LogP contribution < -0.4 is 4.74 Å². The molecule has 1 aliphatic carbocycles. The van der Waals surface area contributed by atoms with Crippen molar-refractivity contribution in [1.29, 1.82) is 0 Å². The van der Waals surface area contributed by atoms with Crippen molar-refractivity contribution in [3.63, 3.8) is 0 Å². The minimum atomic E-state index is -0.468. The number of carbonyl (C=O) groups is 1. The number of pyridine rings is 2. The van der Waals surface area contributed by atoms with E-state index < -0.39 is 5.82 Å². The third-order valence-electron chi connectivity index (χ3n) is 7.14. The van der Waals surface area contributed by atoms with Gasteiger partial charge < -0.3 is 4.74 Å². The van der Waals surface area contributed by atoms with Crippen LogP contribution in [0.4, 0.5) is 4.39 Å². The molecule has 6 rings (SSSR count). The molecular weight excluding hydrogens is 485 g/mol. The Morgan fingerprint density at radius 3 is 2.59 bits per heavy atom. The number of carbonyl (C=O) groups excluding carboxylic acids is 1. The predicted octanol–water partition coefficient (Wildman–Crippen LogP) is 7.19. The first-order valence-corrected chi connectivity index (χ1v) is 14.0. The Bertz CT molecular complexity index is 1410. The molecule has 0 amide bonds. The van der Waals surface area contributed by atoms with E-state index in [1.165, 1.54) is 42.2 Å². The quantitative estimate of drug-likeness (QED) is 0.236. The Balaban J connectivity index is 1.17. The van der Waals surface area contributed by atoms with Gasteiger partial charge in [-0.05, 0) is 80.1 Å². The lowest BCUT2D eigenvalue weighted by Gasteiger charge is -2.26. The van der Waals surface area contributed by atoms with Crippen molar-refractivity contribution in [2.24, 2.45) is 5.92 Å². The summed E-state index contributed by atoms with van der Waals surface area (Å²) in [7, 11) is 0. The van der Waals surface area contributed by atoms with Gasteiger partial charge in [-0.2, -0.15) is 0 Å². The fourth-order valence-corrected chi connectivity index (χ4v) is 6.00. The van der Waals surface area contributed by atoms with Crippen LogP contribution in [0.15, 0.2) is 54.9 Å². The number of nitrogens with zero attached hydrogens (tertiary/aromatic N) is 3. The third kappa shape index (κ3) is 5.89. The molecule has 37 heavy (non-hydrogen) atoms. The minimum absolute atomic E-state index is 0.140. The number of hydrogen-bond donors (Lipinski definition) is 0. The lowest BCUT2D eigenvalue weighted by molar-refractivity contribution is -0.118. The summed E-state index contributed by atoms with van der Waals surface area (Å²) < 4.78 is 21.7. The summed E-state index contributed by atoms with van der Waals surface area (Å²) in [6, 6.07) is 12.8. The van der Waals surface area contributed by atoms with Gasteiger partial charge in [-0.25, -0.2) is 4.39 Å². The van der Waals surface area contributed by atoms with E-state index in [-0.39, 0.29) is 18.0 Å². The zero-order valence-electron chi connectivity index (χ0n) is 20.8. The largest absolute Gasteiger partial charge is 0.453 e. The van der Waals surface area contributed by atoms with Crippen molar-refractivity contribution in [2.75, 3.05) is 13.1 Å². The van der Waals surface area contributed by atoms with Crippen LogP contribution in [0.3, 0.4) is 0 Å². The Hall–Kier alpha value is -3.16. The number of fused-ring (bicyclic) bond motifs is 1. The number of hydrogen-bond acceptors (Lipinski definition) is 6. The van der Waals surface area contributed by atoms with E-state index in [0.29, 0.717) is 23.7 Å².